The summed E-state index contributed by atoms with van der Waals surface area (Å²) in [5, 5.41) is 6.03. The number of amides is 3. The van der Waals surface area contributed by atoms with Gasteiger partial charge >= 0.3 is 6.03 Å². The fraction of sp³-hybridized carbons (Fsp3) is 0.619. The van der Waals surface area contributed by atoms with E-state index in [0.29, 0.717) is 0 Å². The van der Waals surface area contributed by atoms with Crippen LogP contribution in [0.1, 0.15) is 45.4 Å². The second-order valence-electron chi connectivity index (χ2n) is 7.58. The topological polar surface area (TPSA) is 64.7 Å². The molecule has 1 aliphatic heterocycles. The lowest BCUT2D eigenvalue weighted by atomic mass is 10.1. The lowest BCUT2D eigenvalue weighted by molar-refractivity contribution is -0.119. The summed E-state index contributed by atoms with van der Waals surface area (Å²) in [6.45, 7) is 6.00. The number of hydrogen-bond donors (Lipinski definition) is 2. The summed E-state index contributed by atoms with van der Waals surface area (Å²) < 4.78 is 0. The Bertz CT molecular complexity index is 618. The lowest BCUT2D eigenvalue weighted by Crippen LogP contribution is -2.52. The number of unbranched alkanes of at least 4 members (excludes halogenated alkanes) is 1. The first kappa shape index (κ1) is 19.5. The van der Waals surface area contributed by atoms with Gasteiger partial charge in [-0.2, -0.15) is 0 Å². The second kappa shape index (κ2) is 9.62. The Morgan fingerprint density at radius 1 is 1.04 bits per heavy atom. The third kappa shape index (κ3) is 5.37. The Morgan fingerprint density at radius 3 is 2.33 bits per heavy atom. The number of benzene rings is 1. The van der Waals surface area contributed by atoms with Gasteiger partial charge in [-0.15, -0.1) is 0 Å². The van der Waals surface area contributed by atoms with E-state index in [1.54, 1.807) is 0 Å². The number of piperazine rings is 1. The van der Waals surface area contributed by atoms with Gasteiger partial charge in [0.05, 0.1) is 0 Å². The average Bonchev–Trinajstić information content (AvgIpc) is 3.24. The summed E-state index contributed by atoms with van der Waals surface area (Å²) in [4.78, 5) is 28.5. The highest BCUT2D eigenvalue weighted by Crippen LogP contribution is 2.26. The maximum atomic E-state index is 12.2. The number of nitrogens with zero attached hydrogens (tertiary/aromatic N) is 2. The molecule has 2 fully saturated rings. The molecule has 0 spiro atoms. The smallest absolute Gasteiger partial charge is 0.317 e. The van der Waals surface area contributed by atoms with E-state index in [9.17, 15) is 9.59 Å². The number of carbonyl (C=O) groups is 2. The van der Waals surface area contributed by atoms with E-state index >= 15 is 0 Å². The van der Waals surface area contributed by atoms with Crippen molar-refractivity contribution in [1.29, 1.82) is 0 Å². The number of nitrogens with one attached hydrogen (secondary N) is 2. The molecule has 1 saturated heterocycles. The van der Waals surface area contributed by atoms with Crippen molar-refractivity contribution in [3.63, 3.8) is 0 Å². The maximum Gasteiger partial charge on any atom is 0.317 e. The SMILES string of the molecule is CCCCNC(=O)N1CCN(c2ccc(NC(=O)C3CCCC3)cc2)CC1. The van der Waals surface area contributed by atoms with E-state index < -0.39 is 0 Å². The molecule has 2 aliphatic rings. The molecule has 0 aromatic heterocycles. The van der Waals surface area contributed by atoms with Crippen molar-refractivity contribution >= 4 is 23.3 Å². The number of hydrogen-bond acceptors (Lipinski definition) is 3. The van der Waals surface area contributed by atoms with Gasteiger partial charge in [-0.1, -0.05) is 26.2 Å². The van der Waals surface area contributed by atoms with Gasteiger partial charge in [0, 0.05) is 50.0 Å². The maximum absolute atomic E-state index is 12.2. The Hall–Kier alpha value is -2.24. The zero-order chi connectivity index (χ0) is 19.1. The zero-order valence-corrected chi connectivity index (χ0v) is 16.4. The van der Waals surface area contributed by atoms with E-state index in [1.807, 2.05) is 17.0 Å². The molecular formula is C21H32N4O2. The van der Waals surface area contributed by atoms with E-state index in [4.69, 9.17) is 0 Å². The summed E-state index contributed by atoms with van der Waals surface area (Å²) in [5.41, 5.74) is 2.00. The molecule has 0 unspecified atom stereocenters. The van der Waals surface area contributed by atoms with Crippen molar-refractivity contribution in [3.8, 4) is 0 Å². The van der Waals surface area contributed by atoms with Crippen LogP contribution in [-0.4, -0.2) is 49.6 Å². The van der Waals surface area contributed by atoms with Crippen LogP contribution >= 0.6 is 0 Å². The molecular weight excluding hydrogens is 340 g/mol. The summed E-state index contributed by atoms with van der Waals surface area (Å²) >= 11 is 0. The zero-order valence-electron chi connectivity index (χ0n) is 16.4. The molecule has 148 valence electrons. The van der Waals surface area contributed by atoms with Crippen molar-refractivity contribution in [2.75, 3.05) is 42.9 Å². The Labute approximate surface area is 162 Å². The minimum absolute atomic E-state index is 0.0491. The molecule has 1 aromatic carbocycles. The standard InChI is InChI=1S/C21H32N4O2/c1-2-3-12-22-21(27)25-15-13-24(14-16-25)19-10-8-18(9-11-19)23-20(26)17-6-4-5-7-17/h8-11,17H,2-7,12-16H2,1H3,(H,22,27)(H,23,26). The highest BCUT2D eigenvalue weighted by Gasteiger charge is 2.23. The summed E-state index contributed by atoms with van der Waals surface area (Å²) in [7, 11) is 0. The van der Waals surface area contributed by atoms with E-state index in [2.05, 4.69) is 34.6 Å². The molecule has 3 rings (SSSR count). The van der Waals surface area contributed by atoms with Crippen molar-refractivity contribution in [2.24, 2.45) is 5.92 Å². The van der Waals surface area contributed by atoms with Gasteiger partial charge in [0.15, 0.2) is 0 Å². The van der Waals surface area contributed by atoms with Crippen LogP contribution in [0.4, 0.5) is 16.2 Å². The van der Waals surface area contributed by atoms with E-state index in [0.717, 1.165) is 69.8 Å². The molecule has 6 nitrogen and oxygen atoms in total. The third-order valence-corrected chi connectivity index (χ3v) is 5.60. The first-order chi connectivity index (χ1) is 13.2. The molecule has 2 N–H and O–H groups in total. The van der Waals surface area contributed by atoms with Crippen LogP contribution in [0.5, 0.6) is 0 Å². The molecule has 3 amide bonds. The van der Waals surface area contributed by atoms with E-state index in [1.165, 1.54) is 12.8 Å². The summed E-state index contributed by atoms with van der Waals surface area (Å²) in [6.07, 6.45) is 6.47. The van der Waals surface area contributed by atoms with Crippen molar-refractivity contribution in [1.82, 2.24) is 10.2 Å². The van der Waals surface area contributed by atoms with Crippen LogP contribution in [-0.2, 0) is 4.79 Å². The fourth-order valence-electron chi connectivity index (χ4n) is 3.84. The van der Waals surface area contributed by atoms with Gasteiger partial charge in [-0.25, -0.2) is 4.79 Å². The van der Waals surface area contributed by atoms with Crippen LogP contribution in [0.2, 0.25) is 0 Å². The van der Waals surface area contributed by atoms with Crippen LogP contribution in [0, 0.1) is 5.92 Å². The second-order valence-corrected chi connectivity index (χ2v) is 7.58. The molecule has 0 atom stereocenters. The quantitative estimate of drug-likeness (QED) is 0.752. The van der Waals surface area contributed by atoms with Gasteiger partial charge in [0.2, 0.25) is 5.91 Å². The lowest BCUT2D eigenvalue weighted by Gasteiger charge is -2.36. The van der Waals surface area contributed by atoms with Gasteiger partial charge < -0.3 is 20.4 Å². The molecule has 1 aliphatic carbocycles. The monoisotopic (exact) mass is 372 g/mol. The molecule has 0 radical (unpaired) electrons. The summed E-state index contributed by atoms with van der Waals surface area (Å²) in [5.74, 6) is 0.337. The molecule has 1 saturated carbocycles. The molecule has 1 aromatic rings. The first-order valence-electron chi connectivity index (χ1n) is 10.4. The van der Waals surface area contributed by atoms with Crippen LogP contribution in [0.3, 0.4) is 0 Å². The largest absolute Gasteiger partial charge is 0.368 e. The van der Waals surface area contributed by atoms with Gasteiger partial charge in [0.25, 0.3) is 0 Å². The van der Waals surface area contributed by atoms with Crippen molar-refractivity contribution in [3.05, 3.63) is 24.3 Å². The molecule has 6 heteroatoms. The Balaban J connectivity index is 1.45. The molecule has 0 bridgehead atoms. The molecule has 27 heavy (non-hydrogen) atoms. The fourth-order valence-corrected chi connectivity index (χ4v) is 3.84. The minimum Gasteiger partial charge on any atom is -0.368 e. The molecule has 1 heterocycles. The average molecular weight is 373 g/mol. The third-order valence-electron chi connectivity index (χ3n) is 5.60. The van der Waals surface area contributed by atoms with Crippen LogP contribution in [0.25, 0.3) is 0 Å². The van der Waals surface area contributed by atoms with Gasteiger partial charge in [-0.3, -0.25) is 4.79 Å². The van der Waals surface area contributed by atoms with Gasteiger partial charge in [-0.05, 0) is 43.5 Å². The summed E-state index contributed by atoms with van der Waals surface area (Å²) in [6, 6.07) is 8.12. The highest BCUT2D eigenvalue weighted by atomic mass is 16.2. The normalized spacial score (nSPS) is 17.8. The number of urea groups is 1. The van der Waals surface area contributed by atoms with Gasteiger partial charge in [0.1, 0.15) is 0 Å². The van der Waals surface area contributed by atoms with Crippen LogP contribution < -0.4 is 15.5 Å². The number of anilines is 2. The minimum atomic E-state index is 0.0491. The van der Waals surface area contributed by atoms with E-state index in [-0.39, 0.29) is 17.9 Å². The first-order valence-corrected chi connectivity index (χ1v) is 10.4. The Morgan fingerprint density at radius 2 is 1.70 bits per heavy atom. The number of rotatable bonds is 6. The Kier molecular flexibility index (Phi) is 6.96. The van der Waals surface area contributed by atoms with Crippen molar-refractivity contribution in [2.45, 2.75) is 45.4 Å². The predicted octanol–water partition coefficient (Wildman–Crippen LogP) is 3.45. The predicted molar refractivity (Wildman–Crippen MR) is 109 cm³/mol. The van der Waals surface area contributed by atoms with Crippen LogP contribution in [0.15, 0.2) is 24.3 Å². The highest BCUT2D eigenvalue weighted by molar-refractivity contribution is 5.92. The van der Waals surface area contributed by atoms with Crippen molar-refractivity contribution < 1.29 is 9.59 Å². The number of carbonyl (C=O) groups excluding carboxylic acids is 2.